The van der Waals surface area contributed by atoms with Crippen LogP contribution in [0.1, 0.15) is 75.9 Å². The molecule has 15 nitrogen and oxygen atoms in total. The van der Waals surface area contributed by atoms with Crippen LogP contribution in [0.4, 0.5) is 10.5 Å². The van der Waals surface area contributed by atoms with Crippen LogP contribution in [0.15, 0.2) is 28.7 Å². The van der Waals surface area contributed by atoms with Crippen molar-refractivity contribution >= 4 is 35.2 Å². The number of phenols is 1. The van der Waals surface area contributed by atoms with Crippen LogP contribution in [0.2, 0.25) is 0 Å². The summed E-state index contributed by atoms with van der Waals surface area (Å²) in [7, 11) is 6.62. The van der Waals surface area contributed by atoms with Crippen molar-refractivity contribution in [2.75, 3.05) is 46.4 Å². The molecule has 2 amide bonds. The number of aromatic hydroxyl groups is 1. The maximum absolute atomic E-state index is 14.4. The number of amides is 2. The van der Waals surface area contributed by atoms with Crippen molar-refractivity contribution in [3.05, 3.63) is 45.4 Å². The van der Waals surface area contributed by atoms with Gasteiger partial charge < -0.3 is 45.4 Å². The second-order valence-electron chi connectivity index (χ2n) is 16.8. The first-order valence-corrected chi connectivity index (χ1v) is 17.1. The number of nitrogens with zero attached hydrogens (tertiary/aromatic N) is 3. The zero-order chi connectivity index (χ0) is 39.4. The number of allylic oxidation sites excluding steroid dienone is 1. The summed E-state index contributed by atoms with van der Waals surface area (Å²) in [5.41, 5.74) is 1.67. The van der Waals surface area contributed by atoms with Crippen LogP contribution < -0.4 is 10.6 Å². The maximum atomic E-state index is 14.4. The molecule has 1 aromatic rings. The van der Waals surface area contributed by atoms with E-state index in [1.807, 2.05) is 41.5 Å². The Kier molecular flexibility index (Phi) is 10.9. The lowest BCUT2D eigenvalue weighted by Gasteiger charge is -2.50. The number of anilines is 1. The number of hydrogen-bond acceptors (Lipinski definition) is 13. The minimum Gasteiger partial charge on any atom is -0.510 e. The van der Waals surface area contributed by atoms with Crippen LogP contribution in [0, 0.1) is 22.7 Å². The van der Waals surface area contributed by atoms with E-state index in [0.29, 0.717) is 11.3 Å². The Bertz CT molecular complexity index is 1750. The molecule has 0 bridgehead atoms. The average molecular weight is 729 g/mol. The molecule has 0 saturated carbocycles. The average Bonchev–Trinajstić information content (AvgIpc) is 2.97. The van der Waals surface area contributed by atoms with Crippen molar-refractivity contribution in [3.8, 4) is 5.75 Å². The quantitative estimate of drug-likeness (QED) is 0.140. The van der Waals surface area contributed by atoms with Gasteiger partial charge in [0.15, 0.2) is 11.4 Å². The van der Waals surface area contributed by atoms with Crippen molar-refractivity contribution in [1.82, 2.24) is 9.80 Å². The molecule has 3 aliphatic carbocycles. The van der Waals surface area contributed by atoms with Crippen molar-refractivity contribution in [1.29, 1.82) is 0 Å². The third-order valence-electron chi connectivity index (χ3n) is 9.62. The topological polar surface area (TPSA) is 220 Å². The highest BCUT2D eigenvalue weighted by Gasteiger charge is 2.63. The number of fused-ring (bicyclic) bond motifs is 3. The number of aliphatic hydroxyl groups excluding tert-OH is 2. The molecule has 3 aliphatic rings. The molecule has 15 heteroatoms. The van der Waals surface area contributed by atoms with Gasteiger partial charge in [0.2, 0.25) is 12.6 Å². The Morgan fingerprint density at radius 3 is 2.12 bits per heavy atom. The van der Waals surface area contributed by atoms with Gasteiger partial charge in [0.1, 0.15) is 22.8 Å². The van der Waals surface area contributed by atoms with Crippen molar-refractivity contribution in [2.24, 2.45) is 28.4 Å². The van der Waals surface area contributed by atoms with Crippen LogP contribution in [-0.4, -0.2) is 113 Å². The van der Waals surface area contributed by atoms with Gasteiger partial charge in [0.05, 0.1) is 24.6 Å². The molecule has 286 valence electrons. The van der Waals surface area contributed by atoms with E-state index in [1.165, 1.54) is 9.80 Å². The number of likely N-dealkylation sites (N-methyl/N-ethyl adjacent to an activating group) is 1. The molecule has 0 aromatic heterocycles. The molecule has 6 N–H and O–H groups in total. The van der Waals surface area contributed by atoms with Gasteiger partial charge in [-0.25, -0.2) is 4.79 Å². The van der Waals surface area contributed by atoms with Crippen LogP contribution in [-0.2, 0) is 36.8 Å². The lowest BCUT2D eigenvalue weighted by Crippen LogP contribution is -2.63. The maximum Gasteiger partial charge on any atom is 0.412 e. The fraction of sp³-hybridized carbons (Fsp3) is 0.595. The lowest BCUT2D eigenvalue weighted by atomic mass is 9.58. The Labute approximate surface area is 303 Å². The summed E-state index contributed by atoms with van der Waals surface area (Å²) in [6.45, 7) is 10.6. The molecular weight excluding hydrogens is 676 g/mol. The minimum absolute atomic E-state index is 0.0489. The zero-order valence-corrected chi connectivity index (χ0v) is 31.6. The van der Waals surface area contributed by atoms with Crippen molar-refractivity contribution in [2.45, 2.75) is 79.0 Å². The van der Waals surface area contributed by atoms with E-state index in [-0.39, 0.29) is 54.5 Å². The molecule has 0 unspecified atom stereocenters. The summed E-state index contributed by atoms with van der Waals surface area (Å²) in [6, 6.07) is 0.548. The fourth-order valence-corrected chi connectivity index (χ4v) is 7.56. The van der Waals surface area contributed by atoms with E-state index in [4.69, 9.17) is 15.2 Å². The number of phenolic OH excluding ortho intramolecular Hbond substituents is 1. The third kappa shape index (κ3) is 7.47. The summed E-state index contributed by atoms with van der Waals surface area (Å²) in [4.78, 5) is 70.5. The van der Waals surface area contributed by atoms with Gasteiger partial charge in [-0.3, -0.25) is 24.1 Å². The van der Waals surface area contributed by atoms with Gasteiger partial charge in [-0.05, 0) is 55.3 Å². The number of carbonyl (C=O) groups is 5. The molecule has 0 spiro atoms. The highest BCUT2D eigenvalue weighted by molar-refractivity contribution is 6.25. The van der Waals surface area contributed by atoms with E-state index in [1.54, 1.807) is 39.2 Å². The third-order valence-corrected chi connectivity index (χ3v) is 9.62. The van der Waals surface area contributed by atoms with Gasteiger partial charge in [-0.1, -0.05) is 41.5 Å². The lowest BCUT2D eigenvalue weighted by molar-refractivity contribution is -0.154. The standard InChI is InChI=1S/C37H52N4O11/c1-35(2,3)14-23(42)51-17-52-34(49)41(16-36(4,5)6)15-19-13-22(39(7)8)20-11-18-12-21-27(40(9)10)30(45)26(33(38)48)32(47)37(21,50)31(46)24(18)29(44)25(20)28(19)43/h13,18,21,27,43,45-46,50H,11-12,14-17H2,1-10H3,(H2,38,48)/t18-,21-,27-,37-/m0/s1. The molecule has 0 aliphatic heterocycles. The molecule has 0 saturated heterocycles. The second-order valence-corrected chi connectivity index (χ2v) is 16.8. The predicted octanol–water partition coefficient (Wildman–Crippen LogP) is 3.11. The Morgan fingerprint density at radius 2 is 1.60 bits per heavy atom. The number of benzene rings is 1. The smallest absolute Gasteiger partial charge is 0.412 e. The van der Waals surface area contributed by atoms with Gasteiger partial charge >= 0.3 is 12.1 Å². The SMILES string of the molecule is CN(C)c1cc(CN(CC(C)(C)C)C(=O)OCOC(=O)CC(C)(C)C)c(O)c2c1C[C@H]1C[C@H]3[C@H](N(C)C)C(O)=C(C(N)=O)C(=O)[C@@]3(O)C(O)=C1C2=O. The number of aliphatic hydroxyl groups is 3. The number of carbonyl (C=O) groups excluding carboxylic acids is 5. The monoisotopic (exact) mass is 728 g/mol. The number of ketones is 2. The zero-order valence-electron chi connectivity index (χ0n) is 31.6. The number of Topliss-reactive ketones (excluding diaryl/α,β-unsaturated/α-hetero) is 2. The molecule has 4 rings (SSSR count). The van der Waals surface area contributed by atoms with Crippen LogP contribution in [0.5, 0.6) is 5.75 Å². The normalized spacial score (nSPS) is 23.2. The van der Waals surface area contributed by atoms with Crippen molar-refractivity contribution in [3.63, 3.8) is 0 Å². The Hall–Kier alpha value is -4.63. The summed E-state index contributed by atoms with van der Waals surface area (Å²) >= 11 is 0. The number of ether oxygens (including phenoxy) is 2. The summed E-state index contributed by atoms with van der Waals surface area (Å²) < 4.78 is 10.4. The summed E-state index contributed by atoms with van der Waals surface area (Å²) in [5.74, 6) is -8.00. The summed E-state index contributed by atoms with van der Waals surface area (Å²) in [5, 5.41) is 46.4. The van der Waals surface area contributed by atoms with E-state index in [0.717, 1.165) is 0 Å². The molecule has 1 aromatic carbocycles. The number of rotatable bonds is 9. The Balaban J connectivity index is 1.78. The van der Waals surface area contributed by atoms with E-state index in [9.17, 15) is 44.4 Å². The largest absolute Gasteiger partial charge is 0.510 e. The Morgan fingerprint density at radius 1 is 0.981 bits per heavy atom. The van der Waals surface area contributed by atoms with Gasteiger partial charge in [-0.2, -0.15) is 0 Å². The van der Waals surface area contributed by atoms with Crippen LogP contribution in [0.3, 0.4) is 0 Å². The first-order chi connectivity index (χ1) is 23.8. The van der Waals surface area contributed by atoms with E-state index in [2.05, 4.69) is 0 Å². The van der Waals surface area contributed by atoms with Gasteiger partial charge in [0, 0.05) is 43.4 Å². The number of nitrogens with two attached hydrogens (primary N) is 1. The number of hydrogen-bond donors (Lipinski definition) is 5. The van der Waals surface area contributed by atoms with Crippen molar-refractivity contribution < 1.29 is 53.9 Å². The van der Waals surface area contributed by atoms with E-state index >= 15 is 0 Å². The first kappa shape index (κ1) is 40.1. The van der Waals surface area contributed by atoms with Gasteiger partial charge in [0.25, 0.3) is 5.91 Å². The highest BCUT2D eigenvalue weighted by atomic mass is 16.7. The molecule has 4 atom stereocenters. The molecular formula is C37H52N4O11. The predicted molar refractivity (Wildman–Crippen MR) is 189 cm³/mol. The fourth-order valence-electron chi connectivity index (χ4n) is 7.56. The van der Waals surface area contributed by atoms with Gasteiger partial charge in [-0.15, -0.1) is 0 Å². The first-order valence-electron chi connectivity index (χ1n) is 17.1. The summed E-state index contributed by atoms with van der Waals surface area (Å²) in [6.07, 6.45) is -0.667. The number of esters is 1. The number of primary amides is 1. The molecule has 0 radical (unpaired) electrons. The van der Waals surface area contributed by atoms with E-state index < -0.39 is 88.1 Å². The van der Waals surface area contributed by atoms with Crippen LogP contribution in [0.25, 0.3) is 0 Å². The molecule has 0 heterocycles. The minimum atomic E-state index is -2.77. The molecule has 0 fully saturated rings. The molecule has 52 heavy (non-hydrogen) atoms. The second kappa shape index (κ2) is 14.1. The van der Waals surface area contributed by atoms with Crippen LogP contribution >= 0.6 is 0 Å². The highest BCUT2D eigenvalue weighted by Crippen LogP contribution is 2.53.